The highest BCUT2D eigenvalue weighted by atomic mass is 16.5. The van der Waals surface area contributed by atoms with Gasteiger partial charge in [0.05, 0.1) is 25.3 Å². The monoisotopic (exact) mass is 625 g/mol. The number of carbonyl (C=O) groups excluding carboxylic acids is 3. The molecule has 0 aliphatic carbocycles. The Bertz CT molecular complexity index is 1770. The second kappa shape index (κ2) is 14.0. The summed E-state index contributed by atoms with van der Waals surface area (Å²) in [4.78, 5) is 53.8. The number of hydrogen-bond acceptors (Lipinski definition) is 7. The Morgan fingerprint density at radius 3 is 2.61 bits per heavy atom. The molecule has 238 valence electrons. The zero-order valence-corrected chi connectivity index (χ0v) is 25.8. The number of carbonyl (C=O) groups is 4. The van der Waals surface area contributed by atoms with Crippen LogP contribution < -0.4 is 25.2 Å². The average molecular weight is 626 g/mol. The number of benzene rings is 3. The Balaban J connectivity index is 1.27. The highest BCUT2D eigenvalue weighted by molar-refractivity contribution is 6.04. The van der Waals surface area contributed by atoms with Crippen molar-refractivity contribution in [1.82, 2.24) is 10.5 Å². The fourth-order valence-electron chi connectivity index (χ4n) is 5.36. The molecule has 1 atom stereocenters. The van der Waals surface area contributed by atoms with Gasteiger partial charge >= 0.3 is 12.0 Å². The summed E-state index contributed by atoms with van der Waals surface area (Å²) in [5.41, 5.74) is 4.46. The van der Waals surface area contributed by atoms with Crippen LogP contribution in [0.2, 0.25) is 0 Å². The van der Waals surface area contributed by atoms with E-state index in [1.807, 2.05) is 24.3 Å². The van der Waals surface area contributed by atoms with Crippen LogP contribution in [0.3, 0.4) is 0 Å². The highest BCUT2D eigenvalue weighted by Crippen LogP contribution is 2.31. The molecule has 12 heteroatoms. The molecule has 3 aromatic carbocycles. The third kappa shape index (κ3) is 7.34. The lowest BCUT2D eigenvalue weighted by Gasteiger charge is -2.22. The lowest BCUT2D eigenvalue weighted by atomic mass is 10.0. The van der Waals surface area contributed by atoms with Gasteiger partial charge < -0.3 is 29.9 Å². The number of nitrogens with zero attached hydrogens (tertiary/aromatic N) is 3. The van der Waals surface area contributed by atoms with E-state index in [4.69, 9.17) is 9.26 Å². The molecule has 0 fully saturated rings. The molecule has 0 saturated carbocycles. The first kappa shape index (κ1) is 31.8. The number of amides is 4. The van der Waals surface area contributed by atoms with Crippen molar-refractivity contribution < 1.29 is 33.5 Å². The van der Waals surface area contributed by atoms with Crippen LogP contribution in [0.15, 0.2) is 77.3 Å². The molecular formula is C34H35N5O7. The summed E-state index contributed by atoms with van der Waals surface area (Å²) in [5.74, 6) is -0.813. The number of fused-ring (bicyclic) bond motifs is 1. The zero-order chi connectivity index (χ0) is 32.8. The molecule has 0 bridgehead atoms. The van der Waals surface area contributed by atoms with Crippen molar-refractivity contribution in [3.8, 4) is 5.75 Å². The number of aryl methyl sites for hydroxylation is 1. The van der Waals surface area contributed by atoms with Gasteiger partial charge in [-0.1, -0.05) is 41.6 Å². The number of carboxylic acid groups (broad SMARTS) is 1. The first-order valence-corrected chi connectivity index (χ1v) is 14.8. The standard InChI is InChI=1S/C34H35N5O7/c1-21-17-28(37-46-21)33(43)35-26(13-14-32(41)42)24-8-6-9-25(20-24)38(2)31(40)19-22-11-12-27(30(18-22)45-3)36-34(44)39-16-15-23-7-4-5-10-29(23)39/h4-12,17-18,20,26H,13-16,19H2,1-3H3,(H,35,43)(H,36,44)(H,41,42). The van der Waals surface area contributed by atoms with E-state index < -0.39 is 17.9 Å². The molecule has 1 aliphatic heterocycles. The van der Waals surface area contributed by atoms with E-state index in [-0.39, 0.29) is 36.9 Å². The van der Waals surface area contributed by atoms with E-state index in [0.717, 1.165) is 17.7 Å². The van der Waals surface area contributed by atoms with E-state index in [1.165, 1.54) is 18.1 Å². The lowest BCUT2D eigenvalue weighted by Crippen LogP contribution is -2.33. The first-order valence-electron chi connectivity index (χ1n) is 14.8. The summed E-state index contributed by atoms with van der Waals surface area (Å²) >= 11 is 0. The van der Waals surface area contributed by atoms with Gasteiger partial charge in [0.1, 0.15) is 11.5 Å². The minimum atomic E-state index is -0.998. The van der Waals surface area contributed by atoms with Crippen LogP contribution in [-0.2, 0) is 22.4 Å². The summed E-state index contributed by atoms with van der Waals surface area (Å²) in [5, 5.41) is 18.8. The van der Waals surface area contributed by atoms with Crippen LogP contribution in [0.5, 0.6) is 5.75 Å². The van der Waals surface area contributed by atoms with Gasteiger partial charge in [-0.25, -0.2) is 4.79 Å². The Morgan fingerprint density at radius 2 is 1.87 bits per heavy atom. The average Bonchev–Trinajstić information content (AvgIpc) is 3.69. The van der Waals surface area contributed by atoms with Gasteiger partial charge in [0, 0.05) is 37.5 Å². The number of carboxylic acids is 1. The third-order valence-electron chi connectivity index (χ3n) is 7.84. The number of anilines is 3. The van der Waals surface area contributed by atoms with Crippen LogP contribution in [0, 0.1) is 6.92 Å². The maximum absolute atomic E-state index is 13.4. The number of nitrogens with one attached hydrogen (secondary N) is 2. The molecule has 1 aliphatic rings. The van der Waals surface area contributed by atoms with Gasteiger partial charge in [-0.3, -0.25) is 19.3 Å². The Hall–Kier alpha value is -5.65. The first-order chi connectivity index (χ1) is 22.1. The molecule has 3 N–H and O–H groups in total. The smallest absolute Gasteiger partial charge is 0.326 e. The Morgan fingerprint density at radius 1 is 1.07 bits per heavy atom. The summed E-state index contributed by atoms with van der Waals surface area (Å²) in [7, 11) is 3.15. The molecule has 4 aromatic rings. The number of methoxy groups -OCH3 is 1. The number of para-hydroxylation sites is 1. The van der Waals surface area contributed by atoms with Crippen LogP contribution in [-0.4, -0.2) is 54.8 Å². The zero-order valence-electron chi connectivity index (χ0n) is 25.8. The van der Waals surface area contributed by atoms with Crippen LogP contribution in [0.4, 0.5) is 21.9 Å². The molecule has 12 nitrogen and oxygen atoms in total. The molecule has 4 amide bonds. The number of ether oxygens (including phenoxy) is 1. The molecule has 2 heterocycles. The normalized spacial score (nSPS) is 12.6. The third-order valence-corrected chi connectivity index (χ3v) is 7.84. The number of aliphatic carboxylic acids is 1. The molecule has 0 radical (unpaired) electrons. The van der Waals surface area contributed by atoms with Crippen molar-refractivity contribution in [2.45, 2.75) is 38.6 Å². The van der Waals surface area contributed by atoms with Gasteiger partial charge in [0.2, 0.25) is 5.91 Å². The maximum atomic E-state index is 13.4. The van der Waals surface area contributed by atoms with Gasteiger partial charge in [0.25, 0.3) is 5.91 Å². The Kier molecular flexibility index (Phi) is 9.65. The van der Waals surface area contributed by atoms with Gasteiger partial charge in [-0.05, 0) is 66.8 Å². The lowest BCUT2D eigenvalue weighted by molar-refractivity contribution is -0.137. The predicted octanol–water partition coefficient (Wildman–Crippen LogP) is 5.13. The number of rotatable bonds is 11. The van der Waals surface area contributed by atoms with Crippen LogP contribution in [0.1, 0.15) is 51.8 Å². The number of aromatic nitrogens is 1. The van der Waals surface area contributed by atoms with E-state index >= 15 is 0 Å². The molecule has 5 rings (SSSR count). The van der Waals surface area contributed by atoms with Gasteiger partial charge in [-0.2, -0.15) is 0 Å². The second-order valence-electron chi connectivity index (χ2n) is 11.0. The molecular weight excluding hydrogens is 590 g/mol. The van der Waals surface area contributed by atoms with Crippen molar-refractivity contribution in [3.05, 3.63) is 101 Å². The van der Waals surface area contributed by atoms with Gasteiger partial charge in [-0.15, -0.1) is 0 Å². The second-order valence-corrected chi connectivity index (χ2v) is 11.0. The summed E-state index contributed by atoms with van der Waals surface area (Å²) < 4.78 is 10.5. The number of likely N-dealkylation sites (N-methyl/N-ethyl adjacent to an activating group) is 1. The summed E-state index contributed by atoms with van der Waals surface area (Å²) in [6.07, 6.45) is 0.797. The number of hydrogen-bond donors (Lipinski definition) is 3. The SMILES string of the molecule is COc1cc(CC(=O)N(C)c2cccc(C(CCC(=O)O)NC(=O)c3cc(C)on3)c2)ccc1NC(=O)N1CCc2ccccc21. The van der Waals surface area contributed by atoms with E-state index in [9.17, 15) is 24.3 Å². The van der Waals surface area contributed by atoms with Crippen LogP contribution >= 0.6 is 0 Å². The molecule has 1 aromatic heterocycles. The van der Waals surface area contributed by atoms with Crippen LogP contribution in [0.25, 0.3) is 0 Å². The van der Waals surface area contributed by atoms with Crippen molar-refractivity contribution in [2.75, 3.05) is 35.8 Å². The molecule has 46 heavy (non-hydrogen) atoms. The molecule has 1 unspecified atom stereocenters. The van der Waals surface area contributed by atoms with E-state index in [0.29, 0.717) is 40.6 Å². The molecule has 0 spiro atoms. The summed E-state index contributed by atoms with van der Waals surface area (Å²) in [6, 6.07) is 20.6. The minimum Gasteiger partial charge on any atom is -0.495 e. The minimum absolute atomic E-state index is 0.0511. The summed E-state index contributed by atoms with van der Waals surface area (Å²) in [6.45, 7) is 2.25. The molecule has 0 saturated heterocycles. The largest absolute Gasteiger partial charge is 0.495 e. The highest BCUT2D eigenvalue weighted by Gasteiger charge is 2.25. The number of urea groups is 1. The topological polar surface area (TPSA) is 154 Å². The fourth-order valence-corrected chi connectivity index (χ4v) is 5.36. The Labute approximate surface area is 265 Å². The maximum Gasteiger partial charge on any atom is 0.326 e. The van der Waals surface area contributed by atoms with Crippen molar-refractivity contribution >= 4 is 40.9 Å². The predicted molar refractivity (Wildman–Crippen MR) is 171 cm³/mol. The van der Waals surface area contributed by atoms with Crippen molar-refractivity contribution in [3.63, 3.8) is 0 Å². The van der Waals surface area contributed by atoms with Crippen molar-refractivity contribution in [2.24, 2.45) is 0 Å². The fraction of sp³-hybridized carbons (Fsp3) is 0.265. The van der Waals surface area contributed by atoms with Crippen molar-refractivity contribution in [1.29, 1.82) is 0 Å². The van der Waals surface area contributed by atoms with Gasteiger partial charge in [0.15, 0.2) is 5.69 Å². The quantitative estimate of drug-likeness (QED) is 0.207. The van der Waals surface area contributed by atoms with E-state index in [1.54, 1.807) is 61.3 Å². The van der Waals surface area contributed by atoms with E-state index in [2.05, 4.69) is 15.8 Å².